The summed E-state index contributed by atoms with van der Waals surface area (Å²) in [4.78, 5) is 22.4. The van der Waals surface area contributed by atoms with Gasteiger partial charge in [0.2, 0.25) is 0 Å². The van der Waals surface area contributed by atoms with E-state index in [9.17, 15) is 14.3 Å². The first-order valence-electron chi connectivity index (χ1n) is 9.04. The molecule has 0 atom stereocenters. The second-order valence-electron chi connectivity index (χ2n) is 7.10. The fourth-order valence-electron chi connectivity index (χ4n) is 2.53. The standard InChI is InChI=1S/C21H22FN3O2S2/c1-21(2,19(26)27)29-20-24-16(13-28-20)10-11-25(3)17-8-9-18(23-12-17)14-4-6-15(22)7-5-14/h4-9,12-13H,10-11H2,1-3H3,(H,26,27). The van der Waals surface area contributed by atoms with E-state index >= 15 is 0 Å². The van der Waals surface area contributed by atoms with E-state index in [0.717, 1.165) is 39.9 Å². The zero-order valence-corrected chi connectivity index (χ0v) is 18.1. The zero-order chi connectivity index (χ0) is 21.0. The smallest absolute Gasteiger partial charge is 0.319 e. The first-order chi connectivity index (χ1) is 13.7. The average Bonchev–Trinajstić information content (AvgIpc) is 3.13. The van der Waals surface area contributed by atoms with Crippen LogP contribution in [-0.4, -0.2) is 39.4 Å². The van der Waals surface area contributed by atoms with Crippen molar-refractivity contribution in [1.29, 1.82) is 0 Å². The number of carbonyl (C=O) groups is 1. The molecule has 3 aromatic rings. The van der Waals surface area contributed by atoms with Crippen molar-refractivity contribution in [2.75, 3.05) is 18.5 Å². The molecule has 8 heteroatoms. The van der Waals surface area contributed by atoms with Gasteiger partial charge >= 0.3 is 5.97 Å². The lowest BCUT2D eigenvalue weighted by atomic mass is 10.1. The van der Waals surface area contributed by atoms with E-state index in [4.69, 9.17) is 0 Å². The largest absolute Gasteiger partial charge is 0.480 e. The molecule has 0 unspecified atom stereocenters. The molecule has 0 bridgehead atoms. The monoisotopic (exact) mass is 431 g/mol. The molecule has 0 saturated carbocycles. The lowest BCUT2D eigenvalue weighted by Crippen LogP contribution is -2.26. The SMILES string of the molecule is CN(CCc1csc(SC(C)(C)C(=O)O)n1)c1ccc(-c2ccc(F)cc2)nc1. The van der Waals surface area contributed by atoms with Gasteiger partial charge in [-0.2, -0.15) is 0 Å². The minimum absolute atomic E-state index is 0.264. The van der Waals surface area contributed by atoms with Crippen molar-refractivity contribution in [1.82, 2.24) is 9.97 Å². The van der Waals surface area contributed by atoms with Crippen molar-refractivity contribution in [3.63, 3.8) is 0 Å². The Labute approximate surface area is 177 Å². The van der Waals surface area contributed by atoms with Gasteiger partial charge in [0.05, 0.1) is 23.3 Å². The van der Waals surface area contributed by atoms with Crippen LogP contribution in [0.15, 0.2) is 52.3 Å². The molecule has 0 saturated heterocycles. The van der Waals surface area contributed by atoms with Gasteiger partial charge < -0.3 is 10.0 Å². The van der Waals surface area contributed by atoms with Gasteiger partial charge in [-0.05, 0) is 50.2 Å². The van der Waals surface area contributed by atoms with Gasteiger partial charge in [0.25, 0.3) is 0 Å². The Bertz CT molecular complexity index is 972. The minimum atomic E-state index is -0.899. The number of anilines is 1. The van der Waals surface area contributed by atoms with Crippen molar-refractivity contribution >= 4 is 34.8 Å². The Morgan fingerprint density at radius 1 is 1.24 bits per heavy atom. The molecule has 29 heavy (non-hydrogen) atoms. The predicted molar refractivity (Wildman–Crippen MR) is 116 cm³/mol. The van der Waals surface area contributed by atoms with Gasteiger partial charge in [-0.25, -0.2) is 9.37 Å². The van der Waals surface area contributed by atoms with Crippen LogP contribution in [0.5, 0.6) is 0 Å². The normalized spacial score (nSPS) is 11.4. The molecule has 1 aromatic carbocycles. The summed E-state index contributed by atoms with van der Waals surface area (Å²) in [7, 11) is 1.99. The summed E-state index contributed by atoms with van der Waals surface area (Å²) in [5.74, 6) is -1.12. The second kappa shape index (κ2) is 8.92. The van der Waals surface area contributed by atoms with Gasteiger partial charge in [-0.3, -0.25) is 9.78 Å². The maximum Gasteiger partial charge on any atom is 0.319 e. The fourth-order valence-corrected chi connectivity index (χ4v) is 4.75. The number of aliphatic carboxylic acids is 1. The number of benzene rings is 1. The molecule has 0 amide bonds. The molecule has 1 N–H and O–H groups in total. The summed E-state index contributed by atoms with van der Waals surface area (Å²) in [6.07, 6.45) is 2.55. The molecule has 2 heterocycles. The number of carboxylic acid groups (broad SMARTS) is 1. The Kier molecular flexibility index (Phi) is 6.54. The quantitative estimate of drug-likeness (QED) is 0.508. The molecular weight excluding hydrogens is 409 g/mol. The molecule has 0 aliphatic heterocycles. The van der Waals surface area contributed by atoms with Gasteiger partial charge in [-0.1, -0.05) is 11.8 Å². The van der Waals surface area contributed by atoms with Crippen LogP contribution in [-0.2, 0) is 11.2 Å². The van der Waals surface area contributed by atoms with E-state index in [2.05, 4.69) is 14.9 Å². The van der Waals surface area contributed by atoms with Crippen molar-refractivity contribution in [3.8, 4) is 11.3 Å². The molecule has 0 aliphatic carbocycles. The highest BCUT2D eigenvalue weighted by atomic mass is 32.2. The number of aromatic nitrogens is 2. The molecule has 152 valence electrons. The first kappa shape index (κ1) is 21.3. The Balaban J connectivity index is 1.57. The van der Waals surface area contributed by atoms with Crippen molar-refractivity contribution in [3.05, 3.63) is 59.5 Å². The number of carboxylic acids is 1. The molecule has 0 fully saturated rings. The van der Waals surface area contributed by atoms with Gasteiger partial charge in [0.15, 0.2) is 4.34 Å². The number of nitrogens with zero attached hydrogens (tertiary/aromatic N) is 3. The van der Waals surface area contributed by atoms with Crippen molar-refractivity contribution < 1.29 is 14.3 Å². The van der Waals surface area contributed by atoms with E-state index in [1.54, 1.807) is 32.2 Å². The Morgan fingerprint density at radius 3 is 2.59 bits per heavy atom. The van der Waals surface area contributed by atoms with Crippen LogP contribution >= 0.6 is 23.1 Å². The third-order valence-electron chi connectivity index (χ3n) is 4.42. The minimum Gasteiger partial charge on any atom is -0.480 e. The van der Waals surface area contributed by atoms with E-state index in [1.807, 2.05) is 24.6 Å². The predicted octanol–water partition coefficient (Wildman–Crippen LogP) is 4.98. The zero-order valence-electron chi connectivity index (χ0n) is 16.4. The number of thioether (sulfide) groups is 1. The Morgan fingerprint density at radius 2 is 1.97 bits per heavy atom. The lowest BCUT2D eigenvalue weighted by molar-refractivity contribution is -0.138. The molecule has 0 spiro atoms. The maximum atomic E-state index is 13.1. The van der Waals surface area contributed by atoms with Crippen LogP contribution in [0.4, 0.5) is 10.1 Å². The van der Waals surface area contributed by atoms with Crippen LogP contribution in [0.2, 0.25) is 0 Å². The van der Waals surface area contributed by atoms with Gasteiger partial charge in [-0.15, -0.1) is 11.3 Å². The molecule has 5 nitrogen and oxygen atoms in total. The molecule has 0 aliphatic rings. The fraction of sp³-hybridized carbons (Fsp3) is 0.286. The summed E-state index contributed by atoms with van der Waals surface area (Å²) < 4.78 is 12.9. The summed E-state index contributed by atoms with van der Waals surface area (Å²) in [6, 6.07) is 10.2. The highest BCUT2D eigenvalue weighted by molar-refractivity contribution is 8.02. The number of rotatable bonds is 8. The summed E-state index contributed by atoms with van der Waals surface area (Å²) >= 11 is 2.74. The van der Waals surface area contributed by atoms with E-state index in [1.165, 1.54) is 35.2 Å². The number of thiazole rings is 1. The highest BCUT2D eigenvalue weighted by Gasteiger charge is 2.29. The van der Waals surface area contributed by atoms with Crippen LogP contribution in [0, 0.1) is 5.82 Å². The van der Waals surface area contributed by atoms with Crippen LogP contribution < -0.4 is 4.90 Å². The summed E-state index contributed by atoms with van der Waals surface area (Å²) in [6.45, 7) is 4.11. The number of pyridine rings is 1. The number of likely N-dealkylation sites (N-methyl/N-ethyl adjacent to an activating group) is 1. The van der Waals surface area contributed by atoms with Gasteiger partial charge in [0.1, 0.15) is 10.6 Å². The molecular formula is C21H22FN3O2S2. The Hall–Kier alpha value is -2.45. The molecule has 2 aromatic heterocycles. The van der Waals surface area contributed by atoms with Gasteiger partial charge in [0, 0.05) is 31.0 Å². The van der Waals surface area contributed by atoms with E-state index in [-0.39, 0.29) is 5.82 Å². The number of halogens is 1. The van der Waals surface area contributed by atoms with Crippen LogP contribution in [0.3, 0.4) is 0 Å². The second-order valence-corrected chi connectivity index (χ2v) is 9.83. The number of hydrogen-bond acceptors (Lipinski definition) is 6. The van der Waals surface area contributed by atoms with E-state index < -0.39 is 10.7 Å². The van der Waals surface area contributed by atoms with Crippen molar-refractivity contribution in [2.24, 2.45) is 0 Å². The summed E-state index contributed by atoms with van der Waals surface area (Å²) in [5.41, 5.74) is 3.59. The first-order valence-corrected chi connectivity index (χ1v) is 10.7. The third kappa shape index (κ3) is 5.55. The summed E-state index contributed by atoms with van der Waals surface area (Å²) in [5, 5.41) is 11.2. The average molecular weight is 432 g/mol. The topological polar surface area (TPSA) is 66.3 Å². The maximum absolute atomic E-state index is 13.1. The molecule has 0 radical (unpaired) electrons. The van der Waals surface area contributed by atoms with Crippen LogP contribution in [0.1, 0.15) is 19.5 Å². The van der Waals surface area contributed by atoms with E-state index in [0.29, 0.717) is 0 Å². The van der Waals surface area contributed by atoms with Crippen LogP contribution in [0.25, 0.3) is 11.3 Å². The molecule has 3 rings (SSSR count). The third-order valence-corrected chi connectivity index (χ3v) is 6.59. The highest BCUT2D eigenvalue weighted by Crippen LogP contribution is 2.34. The number of hydrogen-bond donors (Lipinski definition) is 1. The lowest BCUT2D eigenvalue weighted by Gasteiger charge is -2.18. The van der Waals surface area contributed by atoms with Crippen molar-refractivity contribution in [2.45, 2.75) is 29.4 Å².